The van der Waals surface area contributed by atoms with Gasteiger partial charge in [0.1, 0.15) is 5.72 Å². The van der Waals surface area contributed by atoms with E-state index in [1.54, 1.807) is 0 Å². The van der Waals surface area contributed by atoms with Crippen LogP contribution in [-0.2, 0) is 4.79 Å². The van der Waals surface area contributed by atoms with Crippen LogP contribution < -0.4 is 5.73 Å². The second kappa shape index (κ2) is 17.0. The quantitative estimate of drug-likeness (QED) is 0.224. The van der Waals surface area contributed by atoms with E-state index in [9.17, 15) is 9.90 Å². The fourth-order valence-electron chi connectivity index (χ4n) is 2.27. The van der Waals surface area contributed by atoms with Gasteiger partial charge in [-0.3, -0.25) is 0 Å². The zero-order valence-corrected chi connectivity index (χ0v) is 16.3. The largest absolute Gasteiger partial charge is 0.478 e. The van der Waals surface area contributed by atoms with Gasteiger partial charge in [-0.2, -0.15) is 0 Å². The lowest BCUT2D eigenvalue weighted by atomic mass is 10.0. The minimum Gasteiger partial charge on any atom is -0.478 e. The normalized spacial score (nSPS) is 12.9. The number of unbranched alkanes of at least 4 members (excludes halogenated alkanes) is 10. The average Bonchev–Trinajstić information content (AvgIpc) is 2.53. The molecule has 0 aromatic heterocycles. The molecule has 0 bridgehead atoms. The van der Waals surface area contributed by atoms with Crippen molar-refractivity contribution in [1.82, 2.24) is 0 Å². The van der Waals surface area contributed by atoms with Crippen LogP contribution in [0.3, 0.4) is 0 Å². The van der Waals surface area contributed by atoms with Crippen LogP contribution in [0.5, 0.6) is 0 Å². The summed E-state index contributed by atoms with van der Waals surface area (Å²) in [5, 5.41) is 17.5. The molecule has 0 aliphatic rings. The van der Waals surface area contributed by atoms with Crippen LogP contribution in [0.25, 0.3) is 0 Å². The van der Waals surface area contributed by atoms with Crippen molar-refractivity contribution in [2.24, 2.45) is 5.73 Å². The molecule has 24 heavy (non-hydrogen) atoms. The van der Waals surface area contributed by atoms with E-state index in [-0.39, 0.29) is 5.57 Å². The van der Waals surface area contributed by atoms with Crippen LogP contribution in [0.1, 0.15) is 104 Å². The number of carboxylic acids is 1. The highest BCUT2D eigenvalue weighted by molar-refractivity contribution is 5.84. The number of hydrogen-bond acceptors (Lipinski definition) is 3. The van der Waals surface area contributed by atoms with Gasteiger partial charge >= 0.3 is 5.97 Å². The Balaban J connectivity index is 0. The van der Waals surface area contributed by atoms with Gasteiger partial charge in [0, 0.05) is 5.57 Å². The third-order valence-electron chi connectivity index (χ3n) is 4.19. The Bertz CT molecular complexity index is 302. The van der Waals surface area contributed by atoms with E-state index >= 15 is 0 Å². The molecule has 4 N–H and O–H groups in total. The zero-order chi connectivity index (χ0) is 18.8. The first-order valence-corrected chi connectivity index (χ1v) is 9.66. The second-order valence-electron chi connectivity index (χ2n) is 6.83. The minimum atomic E-state index is -0.935. The van der Waals surface area contributed by atoms with E-state index in [1.807, 2.05) is 6.92 Å². The lowest BCUT2D eigenvalue weighted by molar-refractivity contribution is -0.132. The van der Waals surface area contributed by atoms with Gasteiger partial charge in [0.25, 0.3) is 0 Å². The highest BCUT2D eigenvalue weighted by Gasteiger charge is 2.16. The lowest BCUT2D eigenvalue weighted by Gasteiger charge is -2.20. The third kappa shape index (κ3) is 21.1. The van der Waals surface area contributed by atoms with Crippen LogP contribution in [-0.4, -0.2) is 21.9 Å². The summed E-state index contributed by atoms with van der Waals surface area (Å²) in [6.45, 7) is 8.81. The Labute approximate surface area is 149 Å². The van der Waals surface area contributed by atoms with E-state index in [1.165, 1.54) is 71.1 Å². The zero-order valence-electron chi connectivity index (χ0n) is 16.3. The second-order valence-corrected chi connectivity index (χ2v) is 6.83. The highest BCUT2D eigenvalue weighted by atomic mass is 16.4. The number of nitrogens with two attached hydrogens (primary N) is 1. The molecule has 4 heteroatoms. The van der Waals surface area contributed by atoms with Crippen molar-refractivity contribution in [3.05, 3.63) is 12.2 Å². The molecule has 0 aromatic rings. The number of carbonyl (C=O) groups is 1. The number of carboxylic acid groups (broad SMARTS) is 1. The van der Waals surface area contributed by atoms with Crippen molar-refractivity contribution in [1.29, 1.82) is 0 Å². The topological polar surface area (TPSA) is 83.5 Å². The maximum atomic E-state index is 9.64. The molecule has 144 valence electrons. The Morgan fingerprint density at radius 3 is 1.54 bits per heavy atom. The number of aliphatic carboxylic acids is 1. The first-order valence-electron chi connectivity index (χ1n) is 9.66. The Kier molecular flexibility index (Phi) is 17.9. The van der Waals surface area contributed by atoms with Gasteiger partial charge < -0.3 is 15.9 Å². The van der Waals surface area contributed by atoms with Gasteiger partial charge in [-0.1, -0.05) is 84.6 Å². The van der Waals surface area contributed by atoms with Crippen LogP contribution >= 0.6 is 0 Å². The van der Waals surface area contributed by atoms with Gasteiger partial charge in [-0.05, 0) is 26.2 Å². The molecule has 0 radical (unpaired) electrons. The summed E-state index contributed by atoms with van der Waals surface area (Å²) in [5.41, 5.74) is 4.95. The lowest BCUT2D eigenvalue weighted by Crippen LogP contribution is -2.38. The molecule has 0 rings (SSSR count). The van der Waals surface area contributed by atoms with Crippen molar-refractivity contribution < 1.29 is 15.0 Å². The molecule has 0 fully saturated rings. The molecule has 0 aromatic carbocycles. The Morgan fingerprint density at radius 1 is 0.917 bits per heavy atom. The van der Waals surface area contributed by atoms with Crippen molar-refractivity contribution >= 4 is 5.97 Å². The van der Waals surface area contributed by atoms with Gasteiger partial charge in [0.15, 0.2) is 0 Å². The summed E-state index contributed by atoms with van der Waals surface area (Å²) in [6, 6.07) is 0. The SMILES string of the molecule is C=C(C)C(=O)O.CCCCCCCCCCCCCC(N)(O)CC. The molecular weight excluding hydrogens is 302 g/mol. The summed E-state index contributed by atoms with van der Waals surface area (Å²) < 4.78 is 0. The maximum absolute atomic E-state index is 9.64. The van der Waals surface area contributed by atoms with E-state index in [0.717, 1.165) is 12.8 Å². The number of rotatable bonds is 14. The average molecular weight is 344 g/mol. The van der Waals surface area contributed by atoms with Crippen LogP contribution in [0.15, 0.2) is 12.2 Å². The first kappa shape index (κ1) is 25.4. The molecular formula is C20H41NO3. The monoisotopic (exact) mass is 343 g/mol. The third-order valence-corrected chi connectivity index (χ3v) is 4.19. The fraction of sp³-hybridized carbons (Fsp3) is 0.850. The number of aliphatic hydroxyl groups is 1. The molecule has 1 atom stereocenters. The van der Waals surface area contributed by atoms with Crippen molar-refractivity contribution in [2.75, 3.05) is 0 Å². The maximum Gasteiger partial charge on any atom is 0.330 e. The van der Waals surface area contributed by atoms with Gasteiger partial charge in [0.05, 0.1) is 0 Å². The van der Waals surface area contributed by atoms with E-state index in [2.05, 4.69) is 13.5 Å². The first-order chi connectivity index (χ1) is 11.3. The molecule has 4 nitrogen and oxygen atoms in total. The van der Waals surface area contributed by atoms with Crippen molar-refractivity contribution in [3.63, 3.8) is 0 Å². The highest BCUT2D eigenvalue weighted by Crippen LogP contribution is 2.15. The van der Waals surface area contributed by atoms with E-state index in [4.69, 9.17) is 10.8 Å². The summed E-state index contributed by atoms with van der Waals surface area (Å²) in [5.74, 6) is -0.935. The summed E-state index contributed by atoms with van der Waals surface area (Å²) in [6.07, 6.45) is 16.1. The Hall–Kier alpha value is -0.870. The fourth-order valence-corrected chi connectivity index (χ4v) is 2.27. The molecule has 0 spiro atoms. The molecule has 0 saturated carbocycles. The Morgan fingerprint density at radius 2 is 1.25 bits per heavy atom. The predicted molar refractivity (Wildman–Crippen MR) is 103 cm³/mol. The van der Waals surface area contributed by atoms with Crippen LogP contribution in [0.2, 0.25) is 0 Å². The molecule has 0 aliphatic heterocycles. The predicted octanol–water partition coefficient (Wildman–Crippen LogP) is 5.39. The molecule has 1 unspecified atom stereocenters. The van der Waals surface area contributed by atoms with Gasteiger partial charge in [0.2, 0.25) is 0 Å². The minimum absolute atomic E-state index is 0.176. The van der Waals surface area contributed by atoms with Crippen molar-refractivity contribution in [3.8, 4) is 0 Å². The van der Waals surface area contributed by atoms with Gasteiger partial charge in [-0.15, -0.1) is 0 Å². The van der Waals surface area contributed by atoms with Gasteiger partial charge in [-0.25, -0.2) is 4.79 Å². The van der Waals surface area contributed by atoms with Crippen LogP contribution in [0.4, 0.5) is 0 Å². The molecule has 0 aliphatic carbocycles. The summed E-state index contributed by atoms with van der Waals surface area (Å²) in [7, 11) is 0. The summed E-state index contributed by atoms with van der Waals surface area (Å²) in [4.78, 5) is 9.60. The molecule has 0 amide bonds. The van der Waals surface area contributed by atoms with Crippen LogP contribution in [0, 0.1) is 0 Å². The standard InChI is InChI=1S/C16H35NO.C4H6O2/c1-3-5-6-7-8-9-10-11-12-13-14-15-16(17,18)4-2;1-3(2)4(5)6/h18H,3-15,17H2,1-2H3;1H2,2H3,(H,5,6). The summed E-state index contributed by atoms with van der Waals surface area (Å²) >= 11 is 0. The van der Waals surface area contributed by atoms with Crippen molar-refractivity contribution in [2.45, 2.75) is 110 Å². The molecule has 0 heterocycles. The van der Waals surface area contributed by atoms with E-state index in [0.29, 0.717) is 6.42 Å². The van der Waals surface area contributed by atoms with E-state index < -0.39 is 11.7 Å². The molecule has 0 saturated heterocycles. The number of hydrogen-bond donors (Lipinski definition) is 3. The smallest absolute Gasteiger partial charge is 0.330 e.